The normalized spacial score (nSPS) is 31.1. The minimum atomic E-state index is -1.01. The van der Waals surface area contributed by atoms with Crippen LogP contribution in [0.1, 0.15) is 69.6 Å². The van der Waals surface area contributed by atoms with Crippen molar-refractivity contribution in [1.82, 2.24) is 9.80 Å². The van der Waals surface area contributed by atoms with Crippen molar-refractivity contribution in [3.8, 4) is 11.8 Å². The molecule has 1 aromatic rings. The highest BCUT2D eigenvalue weighted by Crippen LogP contribution is 2.59. The van der Waals surface area contributed by atoms with Crippen molar-refractivity contribution in [3.63, 3.8) is 0 Å². The molecular formula is C27H37N3O4. The topological polar surface area (TPSA) is 86.0 Å². The molecule has 0 aromatic heterocycles. The van der Waals surface area contributed by atoms with Gasteiger partial charge in [-0.1, -0.05) is 6.07 Å². The Hall–Kier alpha value is -2.30. The van der Waals surface area contributed by atoms with Crippen molar-refractivity contribution in [1.29, 1.82) is 5.26 Å². The Kier molecular flexibility index (Phi) is 5.61. The number of aliphatic hydroxyl groups is 1. The summed E-state index contributed by atoms with van der Waals surface area (Å²) in [7, 11) is 1.62. The first-order valence-corrected chi connectivity index (χ1v) is 12.7. The summed E-state index contributed by atoms with van der Waals surface area (Å²) in [4.78, 5) is 17.3. The van der Waals surface area contributed by atoms with Gasteiger partial charge in [-0.3, -0.25) is 4.90 Å². The molecule has 1 N–H and O–H groups in total. The minimum Gasteiger partial charge on any atom is -0.495 e. The van der Waals surface area contributed by atoms with Crippen LogP contribution in [-0.4, -0.2) is 71.5 Å². The van der Waals surface area contributed by atoms with Crippen molar-refractivity contribution < 1.29 is 19.4 Å². The number of hydrogen-bond acceptors (Lipinski definition) is 6. The Morgan fingerprint density at radius 3 is 2.56 bits per heavy atom. The molecule has 0 radical (unpaired) electrons. The molecule has 3 fully saturated rings. The number of amides is 1. The Labute approximate surface area is 202 Å². The van der Waals surface area contributed by atoms with Crippen LogP contribution in [0.2, 0.25) is 0 Å². The molecule has 2 aliphatic carbocycles. The maximum Gasteiger partial charge on any atom is 0.410 e. The number of piperidine rings is 1. The predicted octanol–water partition coefficient (Wildman–Crippen LogP) is 3.61. The van der Waals surface area contributed by atoms with Crippen LogP contribution in [0.3, 0.4) is 0 Å². The van der Waals surface area contributed by atoms with Crippen molar-refractivity contribution in [3.05, 3.63) is 28.8 Å². The van der Waals surface area contributed by atoms with E-state index >= 15 is 0 Å². The van der Waals surface area contributed by atoms with Crippen molar-refractivity contribution in [2.45, 2.75) is 82.0 Å². The van der Waals surface area contributed by atoms with Crippen molar-refractivity contribution in [2.75, 3.05) is 33.3 Å². The minimum absolute atomic E-state index is 0.00872. The molecule has 2 saturated heterocycles. The number of carbonyl (C=O) groups excluding carboxylic acids is 1. The summed E-state index contributed by atoms with van der Waals surface area (Å²) >= 11 is 0. The zero-order valence-electron chi connectivity index (χ0n) is 20.9. The third-order valence-electron chi connectivity index (χ3n) is 8.52. The highest BCUT2D eigenvalue weighted by atomic mass is 16.6. The Morgan fingerprint density at radius 1 is 1.21 bits per heavy atom. The van der Waals surface area contributed by atoms with Crippen LogP contribution in [-0.2, 0) is 16.6 Å². The van der Waals surface area contributed by atoms with Gasteiger partial charge in [-0.2, -0.15) is 5.26 Å². The fourth-order valence-corrected chi connectivity index (χ4v) is 6.77. The summed E-state index contributed by atoms with van der Waals surface area (Å²) in [5.74, 6) is 1.33. The molecule has 5 rings (SSSR count). The highest BCUT2D eigenvalue weighted by Gasteiger charge is 2.64. The predicted molar refractivity (Wildman–Crippen MR) is 128 cm³/mol. The van der Waals surface area contributed by atoms with E-state index < -0.39 is 16.6 Å². The molecule has 0 spiro atoms. The smallest absolute Gasteiger partial charge is 0.410 e. The molecule has 184 valence electrons. The fraction of sp³-hybridized carbons (Fsp3) is 0.704. The second-order valence-electron chi connectivity index (χ2n) is 11.7. The maximum absolute atomic E-state index is 13.0. The van der Waals surface area contributed by atoms with Gasteiger partial charge in [0.25, 0.3) is 0 Å². The largest absolute Gasteiger partial charge is 0.495 e. The van der Waals surface area contributed by atoms with E-state index in [1.165, 1.54) is 12.8 Å². The van der Waals surface area contributed by atoms with Crippen LogP contribution < -0.4 is 4.74 Å². The number of nitrogens with zero attached hydrogens (tertiary/aromatic N) is 3. The third-order valence-corrected chi connectivity index (χ3v) is 8.52. The number of nitriles is 1. The van der Waals surface area contributed by atoms with Gasteiger partial charge in [0.15, 0.2) is 0 Å². The molecular weight excluding hydrogens is 430 g/mol. The van der Waals surface area contributed by atoms with E-state index in [0.29, 0.717) is 37.2 Å². The maximum atomic E-state index is 13.0. The lowest BCUT2D eigenvalue weighted by molar-refractivity contribution is -0.149. The van der Waals surface area contributed by atoms with Crippen LogP contribution in [0, 0.1) is 17.2 Å². The number of hydrogen-bond donors (Lipinski definition) is 1. The molecule has 1 aromatic carbocycles. The molecule has 34 heavy (non-hydrogen) atoms. The number of rotatable bonds is 3. The van der Waals surface area contributed by atoms with Gasteiger partial charge in [-0.15, -0.1) is 0 Å². The van der Waals surface area contributed by atoms with Gasteiger partial charge in [0.1, 0.15) is 17.4 Å². The number of benzene rings is 1. The SMILES string of the molecule is COc1c(C#N)ccc2c1C13CCN(C(=O)OC(C)(C)C)CCC1(O)C(C2)N(CC1CC1)CC3. The van der Waals surface area contributed by atoms with Crippen molar-refractivity contribution >= 4 is 6.09 Å². The van der Waals surface area contributed by atoms with E-state index in [-0.39, 0.29) is 12.1 Å². The third kappa shape index (κ3) is 3.67. The van der Waals surface area contributed by atoms with Gasteiger partial charge in [-0.05, 0) is 83.4 Å². The van der Waals surface area contributed by atoms with Crippen LogP contribution in [0.4, 0.5) is 4.79 Å². The van der Waals surface area contributed by atoms with Crippen molar-refractivity contribution in [2.24, 2.45) is 5.92 Å². The standard InChI is InChI=1S/C27H37N3O4/c1-25(2,3)34-24(31)29-12-9-26-10-13-30(17-18-5-6-18)21(27(26,32)11-14-29)15-19-7-8-20(16-28)23(33-4)22(19)26/h7-8,18,21,32H,5-6,9-15,17H2,1-4H3. The lowest BCUT2D eigenvalue weighted by Crippen LogP contribution is -2.71. The van der Waals surface area contributed by atoms with Gasteiger partial charge in [0.2, 0.25) is 0 Å². The number of fused-ring (bicyclic) bond motifs is 1. The fourth-order valence-electron chi connectivity index (χ4n) is 6.77. The lowest BCUT2D eigenvalue weighted by atomic mass is 9.52. The van der Waals surface area contributed by atoms with Gasteiger partial charge in [0.05, 0.1) is 18.3 Å². The molecule has 3 atom stereocenters. The van der Waals surface area contributed by atoms with E-state index in [1.807, 2.05) is 26.8 Å². The monoisotopic (exact) mass is 467 g/mol. The zero-order chi connectivity index (χ0) is 24.3. The summed E-state index contributed by atoms with van der Waals surface area (Å²) in [5, 5.41) is 22.4. The second-order valence-corrected chi connectivity index (χ2v) is 11.7. The molecule has 7 nitrogen and oxygen atoms in total. The molecule has 2 bridgehead atoms. The van der Waals surface area contributed by atoms with Crippen LogP contribution in [0.5, 0.6) is 5.75 Å². The Morgan fingerprint density at radius 2 is 1.91 bits per heavy atom. The highest BCUT2D eigenvalue weighted by molar-refractivity contribution is 5.68. The lowest BCUT2D eigenvalue weighted by Gasteiger charge is -2.61. The zero-order valence-corrected chi connectivity index (χ0v) is 20.9. The quantitative estimate of drug-likeness (QED) is 0.731. The molecule has 4 aliphatic rings. The van der Waals surface area contributed by atoms with Gasteiger partial charge >= 0.3 is 6.09 Å². The summed E-state index contributed by atoms with van der Waals surface area (Å²) in [5.41, 5.74) is 0.512. The number of methoxy groups -OCH3 is 1. The average molecular weight is 468 g/mol. The molecule has 1 saturated carbocycles. The van der Waals surface area contributed by atoms with E-state index in [4.69, 9.17) is 9.47 Å². The van der Waals surface area contributed by atoms with Crippen LogP contribution >= 0.6 is 0 Å². The first kappa shape index (κ1) is 23.4. The molecule has 7 heteroatoms. The average Bonchev–Trinajstić information content (AvgIpc) is 3.60. The van der Waals surface area contributed by atoms with Gasteiger partial charge in [-0.25, -0.2) is 4.79 Å². The molecule has 1 amide bonds. The van der Waals surface area contributed by atoms with E-state index in [0.717, 1.165) is 43.0 Å². The first-order chi connectivity index (χ1) is 16.1. The summed E-state index contributed by atoms with van der Waals surface area (Å²) in [6.07, 6.45) is 4.84. The van der Waals surface area contributed by atoms with Crippen LogP contribution in [0.25, 0.3) is 0 Å². The summed E-state index contributed by atoms with van der Waals surface area (Å²) in [6, 6.07) is 6.18. The number of carbonyl (C=O) groups is 1. The summed E-state index contributed by atoms with van der Waals surface area (Å²) in [6.45, 7) is 8.53. The second kappa shape index (κ2) is 8.13. The van der Waals surface area contributed by atoms with Crippen LogP contribution in [0.15, 0.2) is 12.1 Å². The molecule has 2 aliphatic heterocycles. The van der Waals surface area contributed by atoms with Gasteiger partial charge in [0, 0.05) is 36.7 Å². The Balaban J connectivity index is 1.60. The Bertz CT molecular complexity index is 1020. The summed E-state index contributed by atoms with van der Waals surface area (Å²) < 4.78 is 11.5. The van der Waals surface area contributed by atoms with E-state index in [1.54, 1.807) is 12.0 Å². The number of likely N-dealkylation sites (tertiary alicyclic amines) is 2. The van der Waals surface area contributed by atoms with Gasteiger partial charge < -0.3 is 19.5 Å². The number of ether oxygens (including phenoxy) is 2. The first-order valence-electron chi connectivity index (χ1n) is 12.7. The van der Waals surface area contributed by atoms with E-state index in [9.17, 15) is 15.2 Å². The molecule has 3 unspecified atom stereocenters. The molecule has 2 heterocycles. The van der Waals surface area contributed by atoms with E-state index in [2.05, 4.69) is 17.0 Å².